The van der Waals surface area contributed by atoms with Crippen LogP contribution in [0, 0.1) is 0 Å². The molecule has 3 rings (SSSR count). The van der Waals surface area contributed by atoms with E-state index in [1.54, 1.807) is 6.20 Å². The largest absolute Gasteiger partial charge is 0.367 e. The number of fused-ring (bicyclic) bond motifs is 1. The third kappa shape index (κ3) is 3.49. The van der Waals surface area contributed by atoms with E-state index >= 15 is 0 Å². The average Bonchev–Trinajstić information content (AvgIpc) is 2.92. The predicted molar refractivity (Wildman–Crippen MR) is 79.9 cm³/mol. The van der Waals surface area contributed by atoms with E-state index in [0.29, 0.717) is 6.61 Å². The molecule has 5 nitrogen and oxygen atoms in total. The number of nitrogens with one attached hydrogen (secondary N) is 1. The lowest BCUT2D eigenvalue weighted by atomic mass is 10.2. The van der Waals surface area contributed by atoms with Gasteiger partial charge in [0.2, 0.25) is 0 Å². The minimum atomic E-state index is -0.140. The Balaban J connectivity index is 1.49. The summed E-state index contributed by atoms with van der Waals surface area (Å²) in [6, 6.07) is 9.82. The number of rotatable bonds is 5. The van der Waals surface area contributed by atoms with E-state index in [-0.39, 0.29) is 12.5 Å². The molecule has 2 aromatic rings. The molecule has 1 N–H and O–H groups in total. The predicted octanol–water partition coefficient (Wildman–Crippen LogP) is 2.37. The summed E-state index contributed by atoms with van der Waals surface area (Å²) in [6.45, 7) is 1.42. The number of ether oxygens (including phenoxy) is 1. The van der Waals surface area contributed by atoms with Crippen molar-refractivity contribution < 1.29 is 9.53 Å². The van der Waals surface area contributed by atoms with Crippen molar-refractivity contribution in [2.45, 2.75) is 32.4 Å². The van der Waals surface area contributed by atoms with Gasteiger partial charge in [0.1, 0.15) is 18.2 Å². The van der Waals surface area contributed by atoms with Crippen molar-refractivity contribution in [3.05, 3.63) is 47.9 Å². The Bertz CT molecular complexity index is 607. The summed E-state index contributed by atoms with van der Waals surface area (Å²) in [5.41, 5.74) is 1.06. The van der Waals surface area contributed by atoms with E-state index < -0.39 is 0 Å². The van der Waals surface area contributed by atoms with Gasteiger partial charge in [0.25, 0.3) is 5.91 Å². The van der Waals surface area contributed by atoms with E-state index in [2.05, 4.69) is 14.9 Å². The molecule has 0 atom stereocenters. The molecule has 5 heteroatoms. The zero-order chi connectivity index (χ0) is 14.5. The third-order valence-electron chi connectivity index (χ3n) is 3.58. The molecule has 0 spiro atoms. The Morgan fingerprint density at radius 1 is 1.29 bits per heavy atom. The van der Waals surface area contributed by atoms with E-state index in [4.69, 9.17) is 4.74 Å². The van der Waals surface area contributed by atoms with Crippen molar-refractivity contribution in [2.75, 3.05) is 11.9 Å². The first kappa shape index (κ1) is 13.8. The number of hydrogen-bond acceptors (Lipinski definition) is 3. The van der Waals surface area contributed by atoms with Gasteiger partial charge in [-0.25, -0.2) is 4.98 Å². The maximum absolute atomic E-state index is 11.9. The molecule has 1 aliphatic rings. The maximum Gasteiger partial charge on any atom is 0.251 e. The van der Waals surface area contributed by atoms with Crippen LogP contribution in [0.5, 0.6) is 0 Å². The summed E-state index contributed by atoms with van der Waals surface area (Å²) in [5, 5.41) is 2.87. The van der Waals surface area contributed by atoms with Crippen LogP contribution in [-0.4, -0.2) is 22.1 Å². The summed E-state index contributed by atoms with van der Waals surface area (Å²) in [4.78, 5) is 16.3. The van der Waals surface area contributed by atoms with Gasteiger partial charge in [0.15, 0.2) is 0 Å². The van der Waals surface area contributed by atoms with Gasteiger partial charge in [-0.15, -0.1) is 0 Å². The number of benzene rings is 1. The standard InChI is InChI=1S/C16H19N3O2/c20-16(12-21-11-13-6-2-1-3-7-13)18-15-10-17-14-8-4-5-9-19(14)15/h1-3,6-7,10H,4-5,8-9,11-12H2,(H,18,20). The molecule has 1 amide bonds. The molecular weight excluding hydrogens is 266 g/mol. The van der Waals surface area contributed by atoms with E-state index in [9.17, 15) is 4.79 Å². The second-order valence-electron chi connectivity index (χ2n) is 5.19. The Morgan fingerprint density at radius 2 is 2.14 bits per heavy atom. The van der Waals surface area contributed by atoms with Crippen LogP contribution < -0.4 is 5.32 Å². The highest BCUT2D eigenvalue weighted by atomic mass is 16.5. The molecule has 0 fully saturated rings. The van der Waals surface area contributed by atoms with Gasteiger partial charge in [-0.3, -0.25) is 4.79 Å². The number of aryl methyl sites for hydroxylation is 1. The van der Waals surface area contributed by atoms with Gasteiger partial charge < -0.3 is 14.6 Å². The summed E-state index contributed by atoms with van der Waals surface area (Å²) >= 11 is 0. The lowest BCUT2D eigenvalue weighted by Crippen LogP contribution is -2.21. The highest BCUT2D eigenvalue weighted by Crippen LogP contribution is 2.19. The van der Waals surface area contributed by atoms with E-state index in [1.807, 2.05) is 30.3 Å². The maximum atomic E-state index is 11.9. The first-order chi connectivity index (χ1) is 10.3. The molecule has 1 aliphatic heterocycles. The fraction of sp³-hybridized carbons (Fsp3) is 0.375. The number of amides is 1. The minimum Gasteiger partial charge on any atom is -0.367 e. The Hall–Kier alpha value is -2.14. The van der Waals surface area contributed by atoms with Gasteiger partial charge in [0.05, 0.1) is 12.8 Å². The van der Waals surface area contributed by atoms with Crippen molar-refractivity contribution in [1.82, 2.24) is 9.55 Å². The van der Waals surface area contributed by atoms with E-state index in [0.717, 1.165) is 36.6 Å². The first-order valence-corrected chi connectivity index (χ1v) is 7.29. The van der Waals surface area contributed by atoms with Crippen LogP contribution in [-0.2, 0) is 29.1 Å². The second kappa shape index (κ2) is 6.54. The van der Waals surface area contributed by atoms with Crippen LogP contribution >= 0.6 is 0 Å². The molecule has 1 aromatic carbocycles. The van der Waals surface area contributed by atoms with Crippen LogP contribution in [0.2, 0.25) is 0 Å². The number of carbonyl (C=O) groups excluding carboxylic acids is 1. The van der Waals surface area contributed by atoms with Crippen molar-refractivity contribution >= 4 is 11.7 Å². The number of hydrogen-bond donors (Lipinski definition) is 1. The summed E-state index contributed by atoms with van der Waals surface area (Å²) in [6.07, 6.45) is 5.03. The van der Waals surface area contributed by atoms with Crippen LogP contribution in [0.15, 0.2) is 36.5 Å². The number of aromatic nitrogens is 2. The molecule has 0 saturated heterocycles. The van der Waals surface area contributed by atoms with Crippen LogP contribution in [0.3, 0.4) is 0 Å². The first-order valence-electron chi connectivity index (χ1n) is 7.29. The van der Waals surface area contributed by atoms with Crippen molar-refractivity contribution in [3.8, 4) is 0 Å². The Morgan fingerprint density at radius 3 is 3.00 bits per heavy atom. The highest BCUT2D eigenvalue weighted by molar-refractivity contribution is 5.90. The van der Waals surface area contributed by atoms with Gasteiger partial charge in [-0.05, 0) is 18.4 Å². The smallest absolute Gasteiger partial charge is 0.251 e. The minimum absolute atomic E-state index is 0.0510. The third-order valence-corrected chi connectivity index (χ3v) is 3.58. The molecule has 0 unspecified atom stereocenters. The van der Waals surface area contributed by atoms with Crippen LogP contribution in [0.4, 0.5) is 5.82 Å². The monoisotopic (exact) mass is 285 g/mol. The molecule has 0 saturated carbocycles. The number of imidazole rings is 1. The SMILES string of the molecule is O=C(COCc1ccccc1)Nc1cnc2n1CCCC2. The summed E-state index contributed by atoms with van der Waals surface area (Å²) in [7, 11) is 0. The number of carbonyl (C=O) groups is 1. The molecule has 1 aromatic heterocycles. The number of anilines is 1. The summed E-state index contributed by atoms with van der Waals surface area (Å²) < 4.78 is 7.51. The van der Waals surface area contributed by atoms with Crippen LogP contribution in [0.1, 0.15) is 24.2 Å². The molecular formula is C16H19N3O2. The molecule has 2 heterocycles. The quantitative estimate of drug-likeness (QED) is 0.917. The molecule has 0 bridgehead atoms. The Kier molecular flexibility index (Phi) is 4.31. The zero-order valence-electron chi connectivity index (χ0n) is 11.9. The molecule has 21 heavy (non-hydrogen) atoms. The molecule has 0 radical (unpaired) electrons. The van der Waals surface area contributed by atoms with Crippen LogP contribution in [0.25, 0.3) is 0 Å². The van der Waals surface area contributed by atoms with Crippen molar-refractivity contribution in [3.63, 3.8) is 0 Å². The Labute approximate surface area is 124 Å². The van der Waals surface area contributed by atoms with E-state index in [1.165, 1.54) is 6.42 Å². The second-order valence-corrected chi connectivity index (χ2v) is 5.19. The van der Waals surface area contributed by atoms with Gasteiger partial charge in [0, 0.05) is 13.0 Å². The zero-order valence-corrected chi connectivity index (χ0v) is 11.9. The summed E-state index contributed by atoms with van der Waals surface area (Å²) in [5.74, 6) is 1.69. The van der Waals surface area contributed by atoms with Gasteiger partial charge >= 0.3 is 0 Å². The van der Waals surface area contributed by atoms with Crippen molar-refractivity contribution in [2.24, 2.45) is 0 Å². The highest BCUT2D eigenvalue weighted by Gasteiger charge is 2.15. The molecule has 110 valence electrons. The van der Waals surface area contributed by atoms with Gasteiger partial charge in [-0.1, -0.05) is 30.3 Å². The fourth-order valence-electron chi connectivity index (χ4n) is 2.53. The lowest BCUT2D eigenvalue weighted by molar-refractivity contribution is -0.121. The molecule has 0 aliphatic carbocycles. The normalized spacial score (nSPS) is 13.7. The average molecular weight is 285 g/mol. The fourth-order valence-corrected chi connectivity index (χ4v) is 2.53. The number of nitrogens with zero attached hydrogens (tertiary/aromatic N) is 2. The topological polar surface area (TPSA) is 56.1 Å². The van der Waals surface area contributed by atoms with Gasteiger partial charge in [-0.2, -0.15) is 0 Å². The lowest BCUT2D eigenvalue weighted by Gasteiger charge is -2.16. The van der Waals surface area contributed by atoms with Crippen molar-refractivity contribution in [1.29, 1.82) is 0 Å².